The van der Waals surface area contributed by atoms with Crippen molar-refractivity contribution >= 4 is 21.8 Å². The van der Waals surface area contributed by atoms with Crippen molar-refractivity contribution < 1.29 is 18.0 Å². The predicted octanol–water partition coefficient (Wildman–Crippen LogP) is -0.927. The lowest BCUT2D eigenvalue weighted by atomic mass is 10.1. The number of rotatable bonds is 5. The molecule has 132 valence electrons. The van der Waals surface area contributed by atoms with Gasteiger partial charge in [-0.05, 0) is 32.9 Å². The van der Waals surface area contributed by atoms with E-state index in [2.05, 4.69) is 20.9 Å². The minimum atomic E-state index is -3.09. The van der Waals surface area contributed by atoms with Gasteiger partial charge in [-0.3, -0.25) is 15.0 Å². The summed E-state index contributed by atoms with van der Waals surface area (Å²) in [6, 6.07) is -0.887. The van der Waals surface area contributed by atoms with Crippen molar-refractivity contribution in [2.75, 3.05) is 37.7 Å². The summed E-state index contributed by atoms with van der Waals surface area (Å²) in [6.07, 6.45) is 3.35. The van der Waals surface area contributed by atoms with Gasteiger partial charge in [0.2, 0.25) is 5.91 Å². The third-order valence-corrected chi connectivity index (χ3v) is 6.01. The molecule has 0 unspecified atom stereocenters. The van der Waals surface area contributed by atoms with Crippen LogP contribution in [-0.2, 0) is 14.6 Å². The van der Waals surface area contributed by atoms with Gasteiger partial charge in [0.25, 0.3) is 0 Å². The molecule has 2 aliphatic rings. The molecular formula is C14H26N4O4S. The van der Waals surface area contributed by atoms with E-state index in [1.807, 2.05) is 0 Å². The molecule has 8 nitrogen and oxygen atoms in total. The number of carbonyl (C=O) groups is 2. The minimum Gasteiger partial charge on any atom is -0.338 e. The van der Waals surface area contributed by atoms with Gasteiger partial charge in [0.15, 0.2) is 9.84 Å². The number of likely N-dealkylation sites (tertiary alicyclic amines) is 1. The molecular weight excluding hydrogens is 320 g/mol. The predicted molar refractivity (Wildman–Crippen MR) is 86.9 cm³/mol. The number of nitrogens with zero attached hydrogens (tertiary/aromatic N) is 1. The normalized spacial score (nSPS) is 27.5. The standard InChI is InChI=1S/C14H26N4O4S/c1-2-15-14(20)17-13(19)8-16-11-9-23(21,22)10-12(11)18-6-4-3-5-7-18/h11-12,16H,2-10H2,1H3,(H2,15,17,19,20)/t11-,12-/m1/s1. The highest BCUT2D eigenvalue weighted by Crippen LogP contribution is 2.22. The number of piperidine rings is 1. The molecule has 0 radical (unpaired) electrons. The zero-order chi connectivity index (χ0) is 16.9. The average Bonchev–Trinajstić information content (AvgIpc) is 2.81. The number of hydrogen-bond donors (Lipinski definition) is 3. The van der Waals surface area contributed by atoms with Gasteiger partial charge in [-0.15, -0.1) is 0 Å². The van der Waals surface area contributed by atoms with Crippen molar-refractivity contribution in [3.8, 4) is 0 Å². The molecule has 0 saturated carbocycles. The SMILES string of the molecule is CCNC(=O)NC(=O)CN[C@@H]1CS(=O)(=O)C[C@H]1N1CCCCC1. The molecule has 2 aliphatic heterocycles. The fourth-order valence-electron chi connectivity index (χ4n) is 3.23. The van der Waals surface area contributed by atoms with Crippen LogP contribution >= 0.6 is 0 Å². The first-order valence-electron chi connectivity index (χ1n) is 8.17. The first kappa shape index (κ1) is 18.2. The Morgan fingerprint density at radius 2 is 1.83 bits per heavy atom. The van der Waals surface area contributed by atoms with Crippen molar-refractivity contribution in [3.63, 3.8) is 0 Å². The van der Waals surface area contributed by atoms with E-state index >= 15 is 0 Å². The summed E-state index contributed by atoms with van der Waals surface area (Å²) < 4.78 is 23.9. The van der Waals surface area contributed by atoms with Crippen LogP contribution in [0.4, 0.5) is 4.79 Å². The number of urea groups is 1. The van der Waals surface area contributed by atoms with E-state index in [9.17, 15) is 18.0 Å². The number of nitrogens with one attached hydrogen (secondary N) is 3. The van der Waals surface area contributed by atoms with Crippen LogP contribution in [0.25, 0.3) is 0 Å². The summed E-state index contributed by atoms with van der Waals surface area (Å²) in [7, 11) is -3.09. The van der Waals surface area contributed by atoms with Crippen LogP contribution in [0.15, 0.2) is 0 Å². The number of carbonyl (C=O) groups excluding carboxylic acids is 2. The van der Waals surface area contributed by atoms with Crippen LogP contribution in [0, 0.1) is 0 Å². The van der Waals surface area contributed by atoms with Crippen molar-refractivity contribution in [3.05, 3.63) is 0 Å². The average molecular weight is 346 g/mol. The lowest BCUT2D eigenvalue weighted by molar-refractivity contribution is -0.119. The molecule has 0 aliphatic carbocycles. The maximum atomic E-state index is 12.0. The molecule has 0 aromatic carbocycles. The Balaban J connectivity index is 1.88. The maximum Gasteiger partial charge on any atom is 0.321 e. The molecule has 2 fully saturated rings. The van der Waals surface area contributed by atoms with Crippen molar-refractivity contribution in [1.82, 2.24) is 20.9 Å². The van der Waals surface area contributed by atoms with Crippen LogP contribution in [0.3, 0.4) is 0 Å². The number of sulfone groups is 1. The summed E-state index contributed by atoms with van der Waals surface area (Å²) in [4.78, 5) is 25.2. The zero-order valence-corrected chi connectivity index (χ0v) is 14.3. The van der Waals surface area contributed by atoms with Gasteiger partial charge in [-0.1, -0.05) is 6.42 Å². The second kappa shape index (κ2) is 8.07. The summed E-state index contributed by atoms with van der Waals surface area (Å²) in [5, 5.41) is 7.70. The van der Waals surface area contributed by atoms with Gasteiger partial charge < -0.3 is 10.6 Å². The van der Waals surface area contributed by atoms with Crippen LogP contribution in [-0.4, -0.2) is 75.0 Å². The molecule has 2 heterocycles. The highest BCUT2D eigenvalue weighted by atomic mass is 32.2. The molecule has 0 aromatic rings. The second-order valence-corrected chi connectivity index (χ2v) is 8.29. The van der Waals surface area contributed by atoms with Crippen molar-refractivity contribution in [1.29, 1.82) is 0 Å². The lowest BCUT2D eigenvalue weighted by Crippen LogP contribution is -2.53. The molecule has 3 amide bonds. The minimum absolute atomic E-state index is 0.0442. The molecule has 2 saturated heterocycles. The van der Waals surface area contributed by atoms with E-state index in [1.54, 1.807) is 6.92 Å². The van der Waals surface area contributed by atoms with Gasteiger partial charge in [0, 0.05) is 18.6 Å². The molecule has 9 heteroatoms. The Morgan fingerprint density at radius 3 is 2.48 bits per heavy atom. The van der Waals surface area contributed by atoms with Gasteiger partial charge in [-0.2, -0.15) is 0 Å². The van der Waals surface area contributed by atoms with Crippen molar-refractivity contribution in [2.45, 2.75) is 38.3 Å². The van der Waals surface area contributed by atoms with Crippen molar-refractivity contribution in [2.24, 2.45) is 0 Å². The summed E-state index contributed by atoms with van der Waals surface area (Å²) >= 11 is 0. The highest BCUT2D eigenvalue weighted by molar-refractivity contribution is 7.91. The lowest BCUT2D eigenvalue weighted by Gasteiger charge is -2.35. The summed E-state index contributed by atoms with van der Waals surface area (Å²) in [5.41, 5.74) is 0. The smallest absolute Gasteiger partial charge is 0.321 e. The fraction of sp³-hybridized carbons (Fsp3) is 0.857. The van der Waals surface area contributed by atoms with E-state index < -0.39 is 21.8 Å². The largest absolute Gasteiger partial charge is 0.338 e. The first-order chi connectivity index (χ1) is 10.9. The summed E-state index contributed by atoms with van der Waals surface area (Å²) in [5.74, 6) is -0.275. The third-order valence-electron chi connectivity index (χ3n) is 4.30. The quantitative estimate of drug-likeness (QED) is 0.594. The fourth-order valence-corrected chi connectivity index (χ4v) is 5.22. The molecule has 0 spiro atoms. The zero-order valence-electron chi connectivity index (χ0n) is 13.5. The van der Waals surface area contributed by atoms with Gasteiger partial charge in [0.1, 0.15) is 0 Å². The molecule has 0 aromatic heterocycles. The Bertz CT molecular complexity index is 531. The maximum absolute atomic E-state index is 12.0. The second-order valence-electron chi connectivity index (χ2n) is 6.14. The first-order valence-corrected chi connectivity index (χ1v) is 9.99. The molecule has 23 heavy (non-hydrogen) atoms. The van der Waals surface area contributed by atoms with E-state index in [-0.39, 0.29) is 30.1 Å². The molecule has 2 atom stereocenters. The number of hydrogen-bond acceptors (Lipinski definition) is 6. The number of amides is 3. The monoisotopic (exact) mass is 346 g/mol. The van der Waals surface area contributed by atoms with E-state index in [1.165, 1.54) is 6.42 Å². The topological polar surface area (TPSA) is 108 Å². The summed E-state index contributed by atoms with van der Waals surface area (Å²) in [6.45, 7) is 3.94. The van der Waals surface area contributed by atoms with Crippen LogP contribution in [0.1, 0.15) is 26.2 Å². The Hall–Kier alpha value is -1.19. The molecule has 2 rings (SSSR count). The van der Waals surface area contributed by atoms with E-state index in [0.717, 1.165) is 25.9 Å². The van der Waals surface area contributed by atoms with Gasteiger partial charge in [-0.25, -0.2) is 13.2 Å². The highest BCUT2D eigenvalue weighted by Gasteiger charge is 2.41. The van der Waals surface area contributed by atoms with Crippen LogP contribution in [0.2, 0.25) is 0 Å². The Morgan fingerprint density at radius 1 is 1.13 bits per heavy atom. The van der Waals surface area contributed by atoms with E-state index in [4.69, 9.17) is 0 Å². The molecule has 3 N–H and O–H groups in total. The Kier molecular flexibility index (Phi) is 6.37. The third kappa shape index (κ3) is 5.43. The molecule has 0 bridgehead atoms. The van der Waals surface area contributed by atoms with Gasteiger partial charge in [0.05, 0.1) is 18.1 Å². The van der Waals surface area contributed by atoms with Gasteiger partial charge >= 0.3 is 6.03 Å². The Labute approximate surface area is 137 Å². The number of imide groups is 1. The van der Waals surface area contributed by atoms with Crippen LogP contribution in [0.5, 0.6) is 0 Å². The van der Waals surface area contributed by atoms with E-state index in [0.29, 0.717) is 6.54 Å². The van der Waals surface area contributed by atoms with Crippen LogP contribution < -0.4 is 16.0 Å².